The molecular formula is C39H54. The summed E-state index contributed by atoms with van der Waals surface area (Å²) < 4.78 is 0. The van der Waals surface area contributed by atoms with Crippen LogP contribution in [0.25, 0.3) is 11.1 Å². The van der Waals surface area contributed by atoms with Crippen molar-refractivity contribution in [3.05, 3.63) is 58.7 Å². The molecule has 210 valence electrons. The quantitative estimate of drug-likeness (QED) is 0.216. The lowest BCUT2D eigenvalue weighted by atomic mass is 9.68. The summed E-state index contributed by atoms with van der Waals surface area (Å²) in [6, 6.07) is 14.0. The standard InChI is InChI=1S/C39H54/c1-9-13-33-19-21-35-36-22-20-34(14-10-2)28-38(36)39(37(35)27-33,25-23-31(7)17-11-15-29(3)4)26-24-32(8)18-12-16-30(5)6/h19-22,27-32H,11-12,15-18,23-26H2,1-8H3/t31-,32-/m1/s1. The summed E-state index contributed by atoms with van der Waals surface area (Å²) in [7, 11) is 0. The van der Waals surface area contributed by atoms with Gasteiger partial charge < -0.3 is 0 Å². The van der Waals surface area contributed by atoms with Gasteiger partial charge in [0.1, 0.15) is 0 Å². The molecule has 0 nitrogen and oxygen atoms in total. The topological polar surface area (TPSA) is 0 Å². The van der Waals surface area contributed by atoms with Gasteiger partial charge in [-0.2, -0.15) is 0 Å². The van der Waals surface area contributed by atoms with Crippen molar-refractivity contribution in [2.45, 2.75) is 125 Å². The van der Waals surface area contributed by atoms with Crippen LogP contribution in [0.3, 0.4) is 0 Å². The Morgan fingerprint density at radius 1 is 0.564 bits per heavy atom. The van der Waals surface area contributed by atoms with Crippen LogP contribution in [-0.4, -0.2) is 0 Å². The van der Waals surface area contributed by atoms with E-state index in [0.29, 0.717) is 0 Å². The Hall–Kier alpha value is -2.44. The normalized spacial score (nSPS) is 14.7. The lowest BCUT2D eigenvalue weighted by Crippen LogP contribution is -2.27. The van der Waals surface area contributed by atoms with Crippen LogP contribution in [0.5, 0.6) is 0 Å². The fourth-order valence-electron chi connectivity index (χ4n) is 6.63. The predicted octanol–water partition coefficient (Wildman–Crippen LogP) is 11.2. The van der Waals surface area contributed by atoms with E-state index >= 15 is 0 Å². The summed E-state index contributed by atoms with van der Waals surface area (Å²) in [6.45, 7) is 18.3. The first kappa shape index (κ1) is 31.1. The molecule has 0 heterocycles. The molecule has 0 saturated carbocycles. The van der Waals surface area contributed by atoms with E-state index in [2.05, 4.69) is 102 Å². The molecule has 3 rings (SSSR count). The third-order valence-electron chi connectivity index (χ3n) is 8.98. The number of fused-ring (bicyclic) bond motifs is 3. The molecule has 2 atom stereocenters. The van der Waals surface area contributed by atoms with E-state index in [-0.39, 0.29) is 5.41 Å². The van der Waals surface area contributed by atoms with Crippen molar-refractivity contribution in [3.8, 4) is 34.8 Å². The molecule has 0 N–H and O–H groups in total. The van der Waals surface area contributed by atoms with Gasteiger partial charge in [-0.1, -0.05) is 104 Å². The first-order valence-electron chi connectivity index (χ1n) is 15.8. The van der Waals surface area contributed by atoms with Crippen LogP contribution in [0.1, 0.15) is 142 Å². The van der Waals surface area contributed by atoms with Crippen molar-refractivity contribution >= 4 is 0 Å². The Labute approximate surface area is 241 Å². The SMILES string of the molecule is CC#Cc1ccc2c(c1)C(CC[C@H](C)CCCC(C)C)(CC[C@H](C)CCCC(C)C)c1cc(C#CC)ccc1-2. The summed E-state index contributed by atoms with van der Waals surface area (Å²) in [6.07, 6.45) is 13.0. The lowest BCUT2D eigenvalue weighted by Gasteiger charge is -2.35. The molecule has 0 spiro atoms. The highest BCUT2D eigenvalue weighted by Gasteiger charge is 2.43. The molecule has 1 aliphatic rings. The predicted molar refractivity (Wildman–Crippen MR) is 172 cm³/mol. The molecule has 39 heavy (non-hydrogen) atoms. The minimum atomic E-state index is 0.0418. The highest BCUT2D eigenvalue weighted by Crippen LogP contribution is 2.55. The molecule has 2 aromatic carbocycles. The van der Waals surface area contributed by atoms with E-state index < -0.39 is 0 Å². The Bertz CT molecular complexity index is 1090. The van der Waals surface area contributed by atoms with Crippen LogP contribution in [0, 0.1) is 47.4 Å². The molecule has 0 amide bonds. The van der Waals surface area contributed by atoms with Gasteiger partial charge in [-0.05, 0) is 110 Å². The van der Waals surface area contributed by atoms with Gasteiger partial charge in [-0.3, -0.25) is 0 Å². The van der Waals surface area contributed by atoms with Gasteiger partial charge in [-0.25, -0.2) is 0 Å². The molecule has 0 saturated heterocycles. The summed E-state index contributed by atoms with van der Waals surface area (Å²) in [5.41, 5.74) is 8.21. The highest BCUT2D eigenvalue weighted by molar-refractivity contribution is 5.82. The smallest absolute Gasteiger partial charge is 0.0248 e. The van der Waals surface area contributed by atoms with Crippen molar-refractivity contribution in [1.82, 2.24) is 0 Å². The van der Waals surface area contributed by atoms with Gasteiger partial charge in [0, 0.05) is 16.5 Å². The summed E-state index contributed by atoms with van der Waals surface area (Å²) in [5, 5.41) is 0. The van der Waals surface area contributed by atoms with Crippen LogP contribution in [0.15, 0.2) is 36.4 Å². The van der Waals surface area contributed by atoms with Crippen molar-refractivity contribution in [2.75, 3.05) is 0 Å². The molecule has 2 aromatic rings. The molecule has 1 aliphatic carbocycles. The fraction of sp³-hybridized carbons (Fsp3) is 0.590. The maximum atomic E-state index is 3.37. The second-order valence-corrected chi connectivity index (χ2v) is 13.3. The zero-order valence-electron chi connectivity index (χ0n) is 26.3. The van der Waals surface area contributed by atoms with E-state index in [0.717, 1.165) is 34.8 Å². The molecule has 0 aromatic heterocycles. The molecule has 0 fully saturated rings. The Balaban J connectivity index is 2.01. The Morgan fingerprint density at radius 3 is 1.33 bits per heavy atom. The van der Waals surface area contributed by atoms with E-state index in [1.54, 1.807) is 0 Å². The molecule has 0 bridgehead atoms. The van der Waals surface area contributed by atoms with Gasteiger partial charge in [0.2, 0.25) is 0 Å². The second kappa shape index (κ2) is 14.8. The molecule has 0 aliphatic heterocycles. The summed E-state index contributed by atoms with van der Waals surface area (Å²) in [4.78, 5) is 0. The first-order valence-corrected chi connectivity index (χ1v) is 15.8. The second-order valence-electron chi connectivity index (χ2n) is 13.3. The van der Waals surface area contributed by atoms with E-state index in [1.807, 2.05) is 13.8 Å². The van der Waals surface area contributed by atoms with Crippen LogP contribution >= 0.6 is 0 Å². The van der Waals surface area contributed by atoms with E-state index in [9.17, 15) is 0 Å². The van der Waals surface area contributed by atoms with Gasteiger partial charge in [0.15, 0.2) is 0 Å². The maximum Gasteiger partial charge on any atom is 0.0248 e. The van der Waals surface area contributed by atoms with Crippen LogP contribution < -0.4 is 0 Å². The van der Waals surface area contributed by atoms with E-state index in [4.69, 9.17) is 0 Å². The zero-order chi connectivity index (χ0) is 28.4. The average molecular weight is 523 g/mol. The average Bonchev–Trinajstić information content (AvgIpc) is 3.15. The van der Waals surface area contributed by atoms with Crippen LogP contribution in [0.2, 0.25) is 0 Å². The number of rotatable bonds is 14. The minimum absolute atomic E-state index is 0.0418. The largest absolute Gasteiger partial charge is 0.101 e. The van der Waals surface area contributed by atoms with Crippen molar-refractivity contribution < 1.29 is 0 Å². The third-order valence-corrected chi connectivity index (χ3v) is 8.98. The monoisotopic (exact) mass is 522 g/mol. The van der Waals surface area contributed by atoms with Crippen molar-refractivity contribution in [3.63, 3.8) is 0 Å². The Morgan fingerprint density at radius 2 is 0.974 bits per heavy atom. The number of benzene rings is 2. The summed E-state index contributed by atoms with van der Waals surface area (Å²) >= 11 is 0. The Kier molecular flexibility index (Phi) is 11.8. The molecular weight excluding hydrogens is 468 g/mol. The fourth-order valence-corrected chi connectivity index (χ4v) is 6.63. The van der Waals surface area contributed by atoms with Crippen molar-refractivity contribution in [1.29, 1.82) is 0 Å². The van der Waals surface area contributed by atoms with Gasteiger partial charge in [-0.15, -0.1) is 11.8 Å². The van der Waals surface area contributed by atoms with Gasteiger partial charge in [0.25, 0.3) is 0 Å². The summed E-state index contributed by atoms with van der Waals surface area (Å²) in [5.74, 6) is 16.1. The van der Waals surface area contributed by atoms with E-state index in [1.165, 1.54) is 86.5 Å². The first-order chi connectivity index (χ1) is 18.7. The van der Waals surface area contributed by atoms with Crippen LogP contribution in [-0.2, 0) is 5.41 Å². The van der Waals surface area contributed by atoms with Crippen molar-refractivity contribution in [2.24, 2.45) is 23.7 Å². The zero-order valence-corrected chi connectivity index (χ0v) is 26.3. The minimum Gasteiger partial charge on any atom is -0.101 e. The number of hydrogen-bond acceptors (Lipinski definition) is 0. The van der Waals surface area contributed by atoms with Gasteiger partial charge >= 0.3 is 0 Å². The maximum absolute atomic E-state index is 3.37. The molecule has 0 unspecified atom stereocenters. The van der Waals surface area contributed by atoms with Gasteiger partial charge in [0.05, 0.1) is 0 Å². The molecule has 0 heteroatoms. The third kappa shape index (κ3) is 8.28. The highest BCUT2D eigenvalue weighted by atomic mass is 14.5. The molecule has 0 radical (unpaired) electrons. The van der Waals surface area contributed by atoms with Crippen LogP contribution in [0.4, 0.5) is 0 Å². The lowest BCUT2D eigenvalue weighted by molar-refractivity contribution is 0.327. The number of hydrogen-bond donors (Lipinski definition) is 0.